The number of thiazole rings is 1. The standard InChI is InChI=1S/C16H16N2O3S/c1-9-3-4-12-11(7-21-14(12)5-9)6-15(20)18-16-17-13(8-22-16)10(2)19/h3-5,7-8,10,19H,6H2,1-2H3,(H,17,18,20). The van der Waals surface area contributed by atoms with Gasteiger partial charge in [-0.15, -0.1) is 11.3 Å². The normalized spacial score (nSPS) is 12.5. The molecule has 0 bridgehead atoms. The summed E-state index contributed by atoms with van der Waals surface area (Å²) >= 11 is 1.30. The number of carbonyl (C=O) groups is 1. The van der Waals surface area contributed by atoms with E-state index in [0.29, 0.717) is 10.8 Å². The average Bonchev–Trinajstić information content (AvgIpc) is 3.06. The summed E-state index contributed by atoms with van der Waals surface area (Å²) in [4.78, 5) is 16.3. The Morgan fingerprint density at radius 2 is 2.32 bits per heavy atom. The minimum atomic E-state index is -0.636. The van der Waals surface area contributed by atoms with Gasteiger partial charge in [-0.05, 0) is 25.5 Å². The predicted octanol–water partition coefficient (Wildman–Crippen LogP) is 3.43. The van der Waals surface area contributed by atoms with E-state index < -0.39 is 6.10 Å². The molecule has 5 nitrogen and oxygen atoms in total. The molecule has 1 amide bonds. The molecule has 0 aliphatic rings. The fourth-order valence-corrected chi connectivity index (χ4v) is 3.01. The van der Waals surface area contributed by atoms with Crippen LogP contribution >= 0.6 is 11.3 Å². The number of furan rings is 1. The molecule has 3 rings (SSSR count). The number of aliphatic hydroxyl groups is 1. The summed E-state index contributed by atoms with van der Waals surface area (Å²) in [6.07, 6.45) is 1.20. The summed E-state index contributed by atoms with van der Waals surface area (Å²) in [5, 5.41) is 15.4. The van der Waals surface area contributed by atoms with E-state index in [1.165, 1.54) is 11.3 Å². The topological polar surface area (TPSA) is 75.4 Å². The Labute approximate surface area is 131 Å². The predicted molar refractivity (Wildman–Crippen MR) is 86.0 cm³/mol. The van der Waals surface area contributed by atoms with Gasteiger partial charge in [0, 0.05) is 16.3 Å². The van der Waals surface area contributed by atoms with Crippen LogP contribution < -0.4 is 5.32 Å². The molecule has 2 aromatic heterocycles. The number of aliphatic hydroxyl groups excluding tert-OH is 1. The maximum atomic E-state index is 12.1. The van der Waals surface area contributed by atoms with Crippen LogP contribution in [0.15, 0.2) is 34.3 Å². The van der Waals surface area contributed by atoms with Crippen molar-refractivity contribution < 1.29 is 14.3 Å². The minimum absolute atomic E-state index is 0.158. The molecule has 3 aromatic rings. The third-order valence-electron chi connectivity index (χ3n) is 3.36. The lowest BCUT2D eigenvalue weighted by molar-refractivity contribution is -0.115. The van der Waals surface area contributed by atoms with E-state index in [2.05, 4.69) is 10.3 Å². The first-order chi connectivity index (χ1) is 10.5. The highest BCUT2D eigenvalue weighted by Crippen LogP contribution is 2.24. The first kappa shape index (κ1) is 14.7. The summed E-state index contributed by atoms with van der Waals surface area (Å²) in [6, 6.07) is 5.91. The Hall–Kier alpha value is -2.18. The van der Waals surface area contributed by atoms with Crippen molar-refractivity contribution in [1.82, 2.24) is 4.98 Å². The van der Waals surface area contributed by atoms with E-state index in [9.17, 15) is 9.90 Å². The number of aromatic nitrogens is 1. The molecule has 0 saturated heterocycles. The Kier molecular flexibility index (Phi) is 3.96. The largest absolute Gasteiger partial charge is 0.464 e. The maximum absolute atomic E-state index is 12.1. The van der Waals surface area contributed by atoms with E-state index in [-0.39, 0.29) is 12.3 Å². The number of benzene rings is 1. The zero-order valence-electron chi connectivity index (χ0n) is 12.3. The Bertz CT molecular complexity index is 820. The van der Waals surface area contributed by atoms with E-state index in [4.69, 9.17) is 4.42 Å². The van der Waals surface area contributed by atoms with Crippen LogP contribution in [0.1, 0.15) is 29.8 Å². The van der Waals surface area contributed by atoms with Gasteiger partial charge in [0.25, 0.3) is 0 Å². The fourth-order valence-electron chi connectivity index (χ4n) is 2.20. The first-order valence-electron chi connectivity index (χ1n) is 6.93. The molecule has 22 heavy (non-hydrogen) atoms. The third-order valence-corrected chi connectivity index (χ3v) is 4.13. The van der Waals surface area contributed by atoms with Gasteiger partial charge in [-0.3, -0.25) is 4.79 Å². The van der Waals surface area contributed by atoms with Crippen molar-refractivity contribution in [1.29, 1.82) is 0 Å². The number of carbonyl (C=O) groups excluding carboxylic acids is 1. The summed E-state index contributed by atoms with van der Waals surface area (Å²) in [5.74, 6) is -0.158. The Morgan fingerprint density at radius 3 is 3.05 bits per heavy atom. The van der Waals surface area contributed by atoms with Crippen molar-refractivity contribution in [2.24, 2.45) is 0 Å². The number of aryl methyl sites for hydroxylation is 1. The second-order valence-corrected chi connectivity index (χ2v) is 6.10. The highest BCUT2D eigenvalue weighted by atomic mass is 32.1. The van der Waals surface area contributed by atoms with Crippen molar-refractivity contribution in [3.63, 3.8) is 0 Å². The summed E-state index contributed by atoms with van der Waals surface area (Å²) in [6.45, 7) is 3.64. The Morgan fingerprint density at radius 1 is 1.50 bits per heavy atom. The number of fused-ring (bicyclic) bond motifs is 1. The zero-order valence-corrected chi connectivity index (χ0v) is 13.1. The molecule has 2 N–H and O–H groups in total. The van der Waals surface area contributed by atoms with Gasteiger partial charge in [-0.2, -0.15) is 0 Å². The fraction of sp³-hybridized carbons (Fsp3) is 0.250. The summed E-state index contributed by atoms with van der Waals surface area (Å²) in [5.41, 5.74) is 3.31. The van der Waals surface area contributed by atoms with Crippen LogP contribution in [0.4, 0.5) is 5.13 Å². The molecule has 2 heterocycles. The molecule has 0 aliphatic carbocycles. The Balaban J connectivity index is 1.72. The second-order valence-electron chi connectivity index (χ2n) is 5.24. The first-order valence-corrected chi connectivity index (χ1v) is 7.81. The number of anilines is 1. The smallest absolute Gasteiger partial charge is 0.230 e. The van der Waals surface area contributed by atoms with Gasteiger partial charge in [0.2, 0.25) is 5.91 Å². The van der Waals surface area contributed by atoms with Gasteiger partial charge in [0.05, 0.1) is 24.5 Å². The minimum Gasteiger partial charge on any atom is -0.464 e. The number of hydrogen-bond donors (Lipinski definition) is 2. The SMILES string of the molecule is Cc1ccc2c(CC(=O)Nc3nc(C(C)O)cs3)coc2c1. The molecule has 0 aliphatic heterocycles. The van der Waals surface area contributed by atoms with Crippen LogP contribution in [0.25, 0.3) is 11.0 Å². The molecule has 1 unspecified atom stereocenters. The molecular weight excluding hydrogens is 300 g/mol. The van der Waals surface area contributed by atoms with Gasteiger partial charge in [-0.25, -0.2) is 4.98 Å². The number of nitrogens with one attached hydrogen (secondary N) is 1. The molecular formula is C16H16N2O3S. The van der Waals surface area contributed by atoms with Crippen LogP contribution in [-0.4, -0.2) is 16.0 Å². The van der Waals surface area contributed by atoms with Crippen LogP contribution in [0.3, 0.4) is 0 Å². The van der Waals surface area contributed by atoms with Crippen molar-refractivity contribution in [3.8, 4) is 0 Å². The maximum Gasteiger partial charge on any atom is 0.230 e. The van der Waals surface area contributed by atoms with Crippen molar-refractivity contribution in [2.75, 3.05) is 5.32 Å². The molecule has 6 heteroatoms. The molecule has 0 radical (unpaired) electrons. The number of rotatable bonds is 4. The highest BCUT2D eigenvalue weighted by molar-refractivity contribution is 7.13. The average molecular weight is 316 g/mol. The van der Waals surface area contributed by atoms with Crippen LogP contribution in [0.2, 0.25) is 0 Å². The summed E-state index contributed by atoms with van der Waals surface area (Å²) < 4.78 is 5.49. The van der Waals surface area contributed by atoms with E-state index in [1.807, 2.05) is 25.1 Å². The van der Waals surface area contributed by atoms with Gasteiger partial charge in [0.15, 0.2) is 5.13 Å². The third kappa shape index (κ3) is 3.03. The molecule has 1 atom stereocenters. The van der Waals surface area contributed by atoms with Crippen molar-refractivity contribution in [3.05, 3.63) is 46.7 Å². The van der Waals surface area contributed by atoms with Crippen LogP contribution in [-0.2, 0) is 11.2 Å². The van der Waals surface area contributed by atoms with Crippen molar-refractivity contribution in [2.45, 2.75) is 26.4 Å². The van der Waals surface area contributed by atoms with Gasteiger partial charge in [-0.1, -0.05) is 12.1 Å². The zero-order chi connectivity index (χ0) is 15.7. The number of amides is 1. The van der Waals surface area contributed by atoms with E-state index in [0.717, 1.165) is 22.1 Å². The molecule has 0 saturated carbocycles. The highest BCUT2D eigenvalue weighted by Gasteiger charge is 2.13. The van der Waals surface area contributed by atoms with Gasteiger partial charge >= 0.3 is 0 Å². The van der Waals surface area contributed by atoms with Gasteiger partial charge < -0.3 is 14.8 Å². The second kappa shape index (κ2) is 5.90. The molecule has 114 valence electrons. The molecule has 0 fully saturated rings. The summed E-state index contributed by atoms with van der Waals surface area (Å²) in [7, 11) is 0. The van der Waals surface area contributed by atoms with Gasteiger partial charge in [0.1, 0.15) is 5.58 Å². The lowest BCUT2D eigenvalue weighted by Crippen LogP contribution is -2.14. The number of nitrogens with zero attached hydrogens (tertiary/aromatic N) is 1. The molecule has 1 aromatic carbocycles. The molecule has 0 spiro atoms. The van der Waals surface area contributed by atoms with E-state index >= 15 is 0 Å². The van der Waals surface area contributed by atoms with Crippen LogP contribution in [0, 0.1) is 6.92 Å². The van der Waals surface area contributed by atoms with Crippen LogP contribution in [0.5, 0.6) is 0 Å². The lowest BCUT2D eigenvalue weighted by Gasteiger charge is -2.01. The number of hydrogen-bond acceptors (Lipinski definition) is 5. The lowest BCUT2D eigenvalue weighted by atomic mass is 10.1. The van der Waals surface area contributed by atoms with E-state index in [1.54, 1.807) is 18.6 Å². The monoisotopic (exact) mass is 316 g/mol. The quantitative estimate of drug-likeness (QED) is 0.773. The van der Waals surface area contributed by atoms with Crippen molar-refractivity contribution >= 4 is 33.3 Å².